The SMILES string of the molecule is CC1=Cc2ccccc2C1Cc1cc2c(cc1C)N=C1C(C)=C(C)C(c3ccccc3)=C12. The van der Waals surface area contributed by atoms with Gasteiger partial charge in [0.15, 0.2) is 0 Å². The molecule has 1 nitrogen and oxygen atoms in total. The van der Waals surface area contributed by atoms with Gasteiger partial charge in [0.2, 0.25) is 0 Å². The third-order valence-corrected chi connectivity index (χ3v) is 7.53. The molecule has 1 heteroatoms. The molecule has 2 aliphatic carbocycles. The number of rotatable bonds is 3. The van der Waals surface area contributed by atoms with Crippen molar-refractivity contribution in [3.63, 3.8) is 0 Å². The number of hydrogen-bond acceptors (Lipinski definition) is 1. The van der Waals surface area contributed by atoms with Gasteiger partial charge in [0, 0.05) is 17.1 Å². The summed E-state index contributed by atoms with van der Waals surface area (Å²) < 4.78 is 0. The molecule has 0 radical (unpaired) electrons. The maximum Gasteiger partial charge on any atom is 0.0754 e. The van der Waals surface area contributed by atoms with Crippen LogP contribution < -0.4 is 0 Å². The van der Waals surface area contributed by atoms with Crippen LogP contribution in [0.3, 0.4) is 0 Å². The van der Waals surface area contributed by atoms with Crippen LogP contribution in [-0.2, 0) is 6.42 Å². The van der Waals surface area contributed by atoms with Crippen molar-refractivity contribution in [2.75, 3.05) is 0 Å². The zero-order valence-corrected chi connectivity index (χ0v) is 19.2. The average Bonchev–Trinajstić information content (AvgIpc) is 3.39. The van der Waals surface area contributed by atoms with Gasteiger partial charge in [-0.15, -0.1) is 0 Å². The molecule has 156 valence electrons. The Hall–Kier alpha value is -3.45. The lowest BCUT2D eigenvalue weighted by molar-refractivity contribution is 0.799. The van der Waals surface area contributed by atoms with Gasteiger partial charge in [-0.2, -0.15) is 0 Å². The molecule has 1 unspecified atom stereocenters. The molecule has 0 bridgehead atoms. The Labute approximate surface area is 190 Å². The normalized spacial score (nSPS) is 18.6. The molecule has 3 aromatic carbocycles. The Morgan fingerprint density at radius 1 is 0.781 bits per heavy atom. The van der Waals surface area contributed by atoms with Gasteiger partial charge in [0.05, 0.1) is 11.4 Å². The van der Waals surface area contributed by atoms with Gasteiger partial charge in [0.25, 0.3) is 0 Å². The van der Waals surface area contributed by atoms with Gasteiger partial charge in [-0.25, -0.2) is 4.99 Å². The number of nitrogens with zero attached hydrogens (tertiary/aromatic N) is 1. The molecule has 0 amide bonds. The molecule has 0 fully saturated rings. The van der Waals surface area contributed by atoms with E-state index >= 15 is 0 Å². The molecule has 0 N–H and O–H groups in total. The highest BCUT2D eigenvalue weighted by Gasteiger charge is 2.33. The molecular formula is C31H27N. The molecule has 1 heterocycles. The van der Waals surface area contributed by atoms with Crippen LogP contribution in [0, 0.1) is 6.92 Å². The highest BCUT2D eigenvalue weighted by Crippen LogP contribution is 2.50. The van der Waals surface area contributed by atoms with E-state index in [-0.39, 0.29) is 0 Å². The number of aliphatic imine (C=N–C) groups is 1. The van der Waals surface area contributed by atoms with Crippen LogP contribution in [0.2, 0.25) is 0 Å². The third kappa shape index (κ3) is 2.74. The second kappa shape index (κ2) is 7.03. The summed E-state index contributed by atoms with van der Waals surface area (Å²) in [5.41, 5.74) is 17.2. The van der Waals surface area contributed by atoms with E-state index in [4.69, 9.17) is 4.99 Å². The van der Waals surface area contributed by atoms with Crippen LogP contribution in [0.1, 0.15) is 60.1 Å². The average molecular weight is 414 g/mol. The minimum Gasteiger partial charge on any atom is -0.247 e. The number of fused-ring (bicyclic) bond motifs is 4. The molecule has 32 heavy (non-hydrogen) atoms. The number of benzene rings is 3. The van der Waals surface area contributed by atoms with E-state index in [9.17, 15) is 0 Å². The highest BCUT2D eigenvalue weighted by atomic mass is 14.8. The second-order valence-corrected chi connectivity index (χ2v) is 9.40. The van der Waals surface area contributed by atoms with Gasteiger partial charge in [-0.05, 0) is 90.8 Å². The standard InChI is InChI=1S/C31H27N/c1-18-15-28-27(17-24(18)16-26-19(2)14-23-12-8-9-13-25(23)26)30-29(22-10-6-5-7-11-22)20(3)21(4)31(30)32-28/h5-15,17,26H,16H2,1-4H3. The van der Waals surface area contributed by atoms with Crippen molar-refractivity contribution >= 4 is 28.6 Å². The Bertz CT molecular complexity index is 1410. The Kier molecular flexibility index (Phi) is 4.23. The van der Waals surface area contributed by atoms with Gasteiger partial charge < -0.3 is 0 Å². The maximum absolute atomic E-state index is 5.09. The fraction of sp³-hybridized carbons (Fsp3) is 0.194. The largest absolute Gasteiger partial charge is 0.247 e. The van der Waals surface area contributed by atoms with Gasteiger partial charge in [-0.3, -0.25) is 0 Å². The first kappa shape index (κ1) is 19.3. The molecule has 0 aromatic heterocycles. The molecule has 3 aromatic rings. The fourth-order valence-corrected chi connectivity index (χ4v) is 5.64. The summed E-state index contributed by atoms with van der Waals surface area (Å²) in [6.07, 6.45) is 3.39. The molecule has 1 atom stereocenters. The second-order valence-electron chi connectivity index (χ2n) is 9.40. The van der Waals surface area contributed by atoms with Crippen LogP contribution in [0.25, 0.3) is 17.2 Å². The maximum atomic E-state index is 5.09. The summed E-state index contributed by atoms with van der Waals surface area (Å²) in [4.78, 5) is 5.09. The quantitative estimate of drug-likeness (QED) is 0.411. The monoisotopic (exact) mass is 413 g/mol. The smallest absolute Gasteiger partial charge is 0.0754 e. The molecular weight excluding hydrogens is 386 g/mol. The predicted octanol–water partition coefficient (Wildman–Crippen LogP) is 8.09. The lowest BCUT2D eigenvalue weighted by Gasteiger charge is -2.18. The van der Waals surface area contributed by atoms with Crippen molar-refractivity contribution < 1.29 is 0 Å². The van der Waals surface area contributed by atoms with Crippen molar-refractivity contribution in [2.45, 2.75) is 40.0 Å². The zero-order chi connectivity index (χ0) is 22.0. The number of hydrogen-bond donors (Lipinski definition) is 0. The van der Waals surface area contributed by atoms with Crippen molar-refractivity contribution in [1.29, 1.82) is 0 Å². The first-order chi connectivity index (χ1) is 15.5. The number of aryl methyl sites for hydroxylation is 1. The van der Waals surface area contributed by atoms with Crippen molar-refractivity contribution in [1.82, 2.24) is 0 Å². The van der Waals surface area contributed by atoms with E-state index in [2.05, 4.69) is 101 Å². The zero-order valence-electron chi connectivity index (χ0n) is 19.2. The molecule has 1 aliphatic heterocycles. The van der Waals surface area contributed by atoms with E-state index < -0.39 is 0 Å². The van der Waals surface area contributed by atoms with E-state index in [0.29, 0.717) is 5.92 Å². The third-order valence-electron chi connectivity index (χ3n) is 7.53. The Balaban J connectivity index is 1.47. The Morgan fingerprint density at radius 3 is 2.34 bits per heavy atom. The minimum atomic E-state index is 0.456. The number of allylic oxidation sites excluding steroid dienone is 5. The van der Waals surface area contributed by atoms with Gasteiger partial charge in [-0.1, -0.05) is 66.2 Å². The van der Waals surface area contributed by atoms with Crippen molar-refractivity contribution in [3.8, 4) is 0 Å². The highest BCUT2D eigenvalue weighted by molar-refractivity contribution is 6.45. The summed E-state index contributed by atoms with van der Waals surface area (Å²) in [5, 5.41) is 0. The lowest BCUT2D eigenvalue weighted by atomic mass is 9.86. The Morgan fingerprint density at radius 2 is 1.53 bits per heavy atom. The molecule has 6 rings (SSSR count). The van der Waals surface area contributed by atoms with Crippen LogP contribution in [0.15, 0.2) is 88.4 Å². The topological polar surface area (TPSA) is 12.4 Å². The van der Waals surface area contributed by atoms with Gasteiger partial charge in [0.1, 0.15) is 0 Å². The summed E-state index contributed by atoms with van der Waals surface area (Å²) in [6.45, 7) is 8.97. The van der Waals surface area contributed by atoms with E-state index in [1.54, 1.807) is 0 Å². The van der Waals surface area contributed by atoms with Crippen LogP contribution >= 0.6 is 0 Å². The predicted molar refractivity (Wildman–Crippen MR) is 136 cm³/mol. The van der Waals surface area contributed by atoms with Crippen LogP contribution in [0.5, 0.6) is 0 Å². The lowest BCUT2D eigenvalue weighted by Crippen LogP contribution is -2.04. The molecule has 3 aliphatic rings. The van der Waals surface area contributed by atoms with E-state index in [0.717, 1.165) is 17.8 Å². The first-order valence-corrected chi connectivity index (χ1v) is 11.5. The van der Waals surface area contributed by atoms with E-state index in [1.807, 2.05) is 0 Å². The summed E-state index contributed by atoms with van der Waals surface area (Å²) in [7, 11) is 0. The van der Waals surface area contributed by atoms with Crippen LogP contribution in [0.4, 0.5) is 5.69 Å². The molecule has 0 saturated carbocycles. The summed E-state index contributed by atoms with van der Waals surface area (Å²) >= 11 is 0. The summed E-state index contributed by atoms with van der Waals surface area (Å²) in [6, 6.07) is 24.4. The van der Waals surface area contributed by atoms with E-state index in [1.165, 1.54) is 61.2 Å². The fourth-order valence-electron chi connectivity index (χ4n) is 5.64. The van der Waals surface area contributed by atoms with Gasteiger partial charge >= 0.3 is 0 Å². The van der Waals surface area contributed by atoms with Crippen molar-refractivity contribution in [2.24, 2.45) is 4.99 Å². The minimum absolute atomic E-state index is 0.456. The molecule has 0 spiro atoms. The summed E-state index contributed by atoms with van der Waals surface area (Å²) in [5.74, 6) is 0.456. The van der Waals surface area contributed by atoms with Crippen molar-refractivity contribution in [3.05, 3.63) is 117 Å². The first-order valence-electron chi connectivity index (χ1n) is 11.5. The molecule has 0 saturated heterocycles. The van der Waals surface area contributed by atoms with Crippen LogP contribution in [-0.4, -0.2) is 5.71 Å².